The lowest BCUT2D eigenvalue weighted by Crippen LogP contribution is -2.50. The Balaban J connectivity index is 1.59. The molecular weight excluding hydrogens is 455 g/mol. The summed E-state index contributed by atoms with van der Waals surface area (Å²) in [5, 5.41) is 10.0. The molecule has 0 saturated carbocycles. The zero-order valence-corrected chi connectivity index (χ0v) is 18.3. The van der Waals surface area contributed by atoms with Gasteiger partial charge in [-0.3, -0.25) is 9.98 Å². The summed E-state index contributed by atoms with van der Waals surface area (Å²) in [6, 6.07) is 3.90. The zero-order valence-electron chi connectivity index (χ0n) is 17.5. The topological polar surface area (TPSA) is 80.8 Å². The van der Waals surface area contributed by atoms with Crippen LogP contribution < -0.4 is 4.90 Å². The highest BCUT2D eigenvalue weighted by molar-refractivity contribution is 6.35. The van der Waals surface area contributed by atoms with Crippen molar-refractivity contribution in [3.8, 4) is 6.07 Å². The molecule has 0 amide bonds. The molecule has 4 rings (SSSR count). The Morgan fingerprint density at radius 2 is 2.15 bits per heavy atom. The number of anilines is 1. The van der Waals surface area contributed by atoms with Gasteiger partial charge in [-0.15, -0.1) is 0 Å². The first-order valence-electron chi connectivity index (χ1n) is 10.0. The lowest BCUT2D eigenvalue weighted by molar-refractivity contribution is -0.137. The first kappa shape index (κ1) is 22.7. The molecule has 1 aromatic carbocycles. The average molecular weight is 474 g/mol. The Kier molecular flexibility index (Phi) is 6.08. The van der Waals surface area contributed by atoms with Crippen LogP contribution in [0.2, 0.25) is 5.02 Å². The quantitative estimate of drug-likeness (QED) is 0.652. The van der Waals surface area contributed by atoms with Gasteiger partial charge in [0.25, 0.3) is 0 Å². The summed E-state index contributed by atoms with van der Waals surface area (Å²) in [5.41, 5.74) is -1.48. The third-order valence-electron chi connectivity index (χ3n) is 5.66. The number of alkyl halides is 3. The van der Waals surface area contributed by atoms with Gasteiger partial charge in [-0.05, 0) is 18.2 Å². The number of rotatable bonds is 5. The fraction of sp³-hybridized carbons (Fsp3) is 0.318. The summed E-state index contributed by atoms with van der Waals surface area (Å²) >= 11 is 6.09. The van der Waals surface area contributed by atoms with Crippen LogP contribution in [0.4, 0.5) is 19.0 Å². The van der Waals surface area contributed by atoms with Crippen molar-refractivity contribution in [3.63, 3.8) is 0 Å². The highest BCUT2D eigenvalue weighted by Gasteiger charge is 2.40. The maximum absolute atomic E-state index is 13.3. The second-order valence-corrected chi connectivity index (χ2v) is 8.16. The van der Waals surface area contributed by atoms with Gasteiger partial charge >= 0.3 is 6.18 Å². The van der Waals surface area contributed by atoms with E-state index in [2.05, 4.69) is 26.0 Å². The number of nitriles is 1. The Morgan fingerprint density at radius 1 is 1.33 bits per heavy atom. The number of hydrogen-bond donors (Lipinski definition) is 0. The summed E-state index contributed by atoms with van der Waals surface area (Å²) in [7, 11) is 1.73. The molecule has 7 nitrogen and oxygen atoms in total. The summed E-state index contributed by atoms with van der Waals surface area (Å²) < 4.78 is 40.0. The number of hydrogen-bond acceptors (Lipinski definition) is 7. The van der Waals surface area contributed by atoms with E-state index >= 15 is 0 Å². The van der Waals surface area contributed by atoms with Crippen LogP contribution >= 0.6 is 11.6 Å². The molecule has 3 heterocycles. The van der Waals surface area contributed by atoms with E-state index in [-0.39, 0.29) is 22.0 Å². The first-order chi connectivity index (χ1) is 15.7. The normalized spacial score (nSPS) is 22.1. The molecule has 0 fully saturated rings. The SMILES string of the molecule is CN(CCN1C=CN=CC1C1(C#N)C=CC=NC1)c1ncnc2c(Cl)cc(C(F)(F)F)cc12. The van der Waals surface area contributed by atoms with Crippen LogP contribution in [0.1, 0.15) is 5.56 Å². The van der Waals surface area contributed by atoms with Crippen molar-refractivity contribution >= 4 is 40.8 Å². The van der Waals surface area contributed by atoms with Crippen molar-refractivity contribution in [1.82, 2.24) is 14.9 Å². The van der Waals surface area contributed by atoms with Gasteiger partial charge in [0.05, 0.1) is 34.8 Å². The Hall–Kier alpha value is -3.45. The smallest absolute Gasteiger partial charge is 0.364 e. The number of allylic oxidation sites excluding steroid dienone is 1. The number of halogens is 4. The number of aliphatic imine (C=N–C) groups is 2. The van der Waals surface area contributed by atoms with Gasteiger partial charge in [-0.25, -0.2) is 9.97 Å². The minimum absolute atomic E-state index is 0.0901. The number of aromatic nitrogens is 2. The predicted molar refractivity (Wildman–Crippen MR) is 121 cm³/mol. The number of likely N-dealkylation sites (N-methyl/N-ethyl adjacent to an activating group) is 1. The van der Waals surface area contributed by atoms with Gasteiger partial charge in [-0.1, -0.05) is 17.7 Å². The summed E-state index contributed by atoms with van der Waals surface area (Å²) in [6.07, 6.45) is 7.10. The lowest BCUT2D eigenvalue weighted by Gasteiger charge is -2.39. The van der Waals surface area contributed by atoms with Crippen molar-refractivity contribution in [2.45, 2.75) is 12.2 Å². The fourth-order valence-corrected chi connectivity index (χ4v) is 4.16. The van der Waals surface area contributed by atoms with E-state index in [1.165, 1.54) is 6.33 Å². The third-order valence-corrected chi connectivity index (χ3v) is 5.94. The molecule has 2 unspecified atom stereocenters. The lowest BCUT2D eigenvalue weighted by atomic mass is 9.79. The van der Waals surface area contributed by atoms with Crippen molar-refractivity contribution in [1.29, 1.82) is 5.26 Å². The highest BCUT2D eigenvalue weighted by Crippen LogP contribution is 2.37. The molecule has 0 aliphatic carbocycles. The van der Waals surface area contributed by atoms with Gasteiger partial charge in [0, 0.05) is 50.4 Å². The molecular formula is C22H19ClF3N7. The molecule has 2 atom stereocenters. The maximum atomic E-state index is 13.3. The molecule has 0 spiro atoms. The molecule has 2 aliphatic rings. The molecule has 0 N–H and O–H groups in total. The zero-order chi connectivity index (χ0) is 23.6. The molecule has 2 aromatic rings. The molecule has 2 aliphatic heterocycles. The monoisotopic (exact) mass is 473 g/mol. The van der Waals surface area contributed by atoms with E-state index in [1.807, 2.05) is 11.0 Å². The molecule has 170 valence electrons. The van der Waals surface area contributed by atoms with E-state index in [4.69, 9.17) is 11.6 Å². The van der Waals surface area contributed by atoms with Crippen LogP contribution in [0.15, 0.2) is 53.0 Å². The Morgan fingerprint density at radius 3 is 2.85 bits per heavy atom. The largest absolute Gasteiger partial charge is 0.416 e. The molecule has 0 radical (unpaired) electrons. The summed E-state index contributed by atoms with van der Waals surface area (Å²) in [4.78, 5) is 20.4. The van der Waals surface area contributed by atoms with Crippen molar-refractivity contribution in [3.05, 3.63) is 53.6 Å². The van der Waals surface area contributed by atoms with Gasteiger partial charge in [0.2, 0.25) is 0 Å². The van der Waals surface area contributed by atoms with E-state index in [9.17, 15) is 18.4 Å². The fourth-order valence-electron chi connectivity index (χ4n) is 3.89. The van der Waals surface area contributed by atoms with Crippen LogP contribution in [0.5, 0.6) is 0 Å². The standard InChI is InChI=1S/C22H19ClF3N7/c1-32(20-16-9-15(22(24,25)26)10-17(23)19(16)30-14-31-20)7-8-33-6-5-28-11-18(33)21(12-27)3-2-4-29-13-21/h2-6,9-11,14,18H,7-8,13H2,1H3. The van der Waals surface area contributed by atoms with Gasteiger partial charge < -0.3 is 9.80 Å². The first-order valence-corrected chi connectivity index (χ1v) is 10.4. The predicted octanol–water partition coefficient (Wildman–Crippen LogP) is 4.11. The Bertz CT molecular complexity index is 1210. The second-order valence-electron chi connectivity index (χ2n) is 7.75. The number of benzene rings is 1. The van der Waals surface area contributed by atoms with Gasteiger partial charge in [0.1, 0.15) is 17.6 Å². The summed E-state index contributed by atoms with van der Waals surface area (Å²) in [6.45, 7) is 1.18. The molecule has 11 heteroatoms. The minimum atomic E-state index is -4.55. The average Bonchev–Trinajstić information content (AvgIpc) is 2.82. The van der Waals surface area contributed by atoms with Gasteiger partial charge in [-0.2, -0.15) is 18.4 Å². The number of nitrogens with zero attached hydrogens (tertiary/aromatic N) is 7. The van der Waals surface area contributed by atoms with Crippen LogP contribution in [0.3, 0.4) is 0 Å². The summed E-state index contributed by atoms with van der Waals surface area (Å²) in [5.74, 6) is 0.330. The highest BCUT2D eigenvalue weighted by atomic mass is 35.5. The minimum Gasteiger partial charge on any atom is -0.364 e. The van der Waals surface area contributed by atoms with Crippen LogP contribution in [0.25, 0.3) is 10.9 Å². The number of fused-ring (bicyclic) bond motifs is 1. The van der Waals surface area contributed by atoms with Gasteiger partial charge in [0.15, 0.2) is 0 Å². The molecule has 1 aromatic heterocycles. The van der Waals surface area contributed by atoms with E-state index < -0.39 is 17.2 Å². The Labute approximate surface area is 193 Å². The molecule has 33 heavy (non-hydrogen) atoms. The maximum Gasteiger partial charge on any atom is 0.416 e. The van der Waals surface area contributed by atoms with Crippen LogP contribution in [-0.2, 0) is 6.18 Å². The number of dihydropyridines is 1. The van der Waals surface area contributed by atoms with Crippen molar-refractivity contribution < 1.29 is 13.2 Å². The van der Waals surface area contributed by atoms with Crippen molar-refractivity contribution in [2.24, 2.45) is 15.4 Å². The third kappa shape index (κ3) is 4.41. The molecule has 0 bridgehead atoms. The van der Waals surface area contributed by atoms with Crippen LogP contribution in [0, 0.1) is 16.7 Å². The molecule has 0 saturated heterocycles. The van der Waals surface area contributed by atoms with E-state index in [1.54, 1.807) is 42.9 Å². The van der Waals surface area contributed by atoms with Crippen LogP contribution in [-0.4, -0.2) is 60.0 Å². The second kappa shape index (κ2) is 8.83. The van der Waals surface area contributed by atoms with Crippen molar-refractivity contribution in [2.75, 3.05) is 31.6 Å². The van der Waals surface area contributed by atoms with E-state index in [0.717, 1.165) is 12.1 Å². The van der Waals surface area contributed by atoms with E-state index in [0.29, 0.717) is 25.5 Å².